The van der Waals surface area contributed by atoms with Gasteiger partial charge in [0, 0.05) is 22.7 Å². The van der Waals surface area contributed by atoms with Crippen molar-refractivity contribution in [3.05, 3.63) is 61.5 Å². The van der Waals surface area contributed by atoms with Gasteiger partial charge in [0.25, 0.3) is 11.2 Å². The van der Waals surface area contributed by atoms with Crippen LogP contribution in [0.3, 0.4) is 0 Å². The number of thiophene rings is 1. The lowest BCUT2D eigenvalue weighted by molar-refractivity contribution is -0.384. The molecule has 1 aliphatic carbocycles. The van der Waals surface area contributed by atoms with Gasteiger partial charge in [-0.2, -0.15) is 0 Å². The number of nitro groups is 1. The van der Waals surface area contributed by atoms with Crippen LogP contribution < -0.4 is 10.9 Å². The largest absolute Gasteiger partial charge is 0.324 e. The lowest BCUT2D eigenvalue weighted by atomic mass is 9.89. The van der Waals surface area contributed by atoms with E-state index in [4.69, 9.17) is 0 Å². The first-order chi connectivity index (χ1) is 13.4. The number of anilines is 1. The van der Waals surface area contributed by atoms with E-state index >= 15 is 0 Å². The number of amides is 1. The number of hydrogen-bond acceptors (Lipinski definition) is 6. The maximum atomic E-state index is 12.9. The van der Waals surface area contributed by atoms with E-state index in [1.165, 1.54) is 34.0 Å². The number of aromatic nitrogens is 2. The first-order valence-electron chi connectivity index (χ1n) is 8.96. The Morgan fingerprint density at radius 2 is 2.29 bits per heavy atom. The summed E-state index contributed by atoms with van der Waals surface area (Å²) >= 11 is 1.56. The Kier molecular flexibility index (Phi) is 4.68. The highest BCUT2D eigenvalue weighted by Crippen LogP contribution is 2.35. The van der Waals surface area contributed by atoms with E-state index in [1.807, 2.05) is 0 Å². The van der Waals surface area contributed by atoms with Crippen LogP contribution in [0.15, 0.2) is 35.4 Å². The van der Waals surface area contributed by atoms with Gasteiger partial charge in [-0.05, 0) is 36.8 Å². The zero-order valence-electron chi connectivity index (χ0n) is 15.2. The summed E-state index contributed by atoms with van der Waals surface area (Å²) in [5, 5.41) is 14.1. The second-order valence-electron chi connectivity index (χ2n) is 7.07. The van der Waals surface area contributed by atoms with Gasteiger partial charge in [0.1, 0.15) is 11.4 Å². The van der Waals surface area contributed by atoms with Crippen LogP contribution in [0.5, 0.6) is 0 Å². The Bertz CT molecular complexity index is 1150. The second-order valence-corrected chi connectivity index (χ2v) is 8.15. The van der Waals surface area contributed by atoms with Crippen molar-refractivity contribution in [1.29, 1.82) is 0 Å². The highest BCUT2D eigenvalue weighted by Gasteiger charge is 2.23. The molecular weight excluding hydrogens is 380 g/mol. The fourth-order valence-corrected chi connectivity index (χ4v) is 4.87. The predicted molar refractivity (Wildman–Crippen MR) is 107 cm³/mol. The Morgan fingerprint density at radius 1 is 1.46 bits per heavy atom. The number of nitro benzene ring substituents is 1. The average molecular weight is 398 g/mol. The van der Waals surface area contributed by atoms with Gasteiger partial charge in [0.2, 0.25) is 5.91 Å². The molecule has 0 spiro atoms. The molecule has 0 bridgehead atoms. The van der Waals surface area contributed by atoms with E-state index in [1.54, 1.807) is 17.4 Å². The lowest BCUT2D eigenvalue weighted by Gasteiger charge is -2.17. The molecule has 0 radical (unpaired) electrons. The summed E-state index contributed by atoms with van der Waals surface area (Å²) < 4.78 is 1.29. The van der Waals surface area contributed by atoms with Gasteiger partial charge in [-0.3, -0.25) is 24.3 Å². The van der Waals surface area contributed by atoms with Crippen molar-refractivity contribution >= 4 is 38.8 Å². The molecule has 8 nitrogen and oxygen atoms in total. The number of benzene rings is 1. The minimum Gasteiger partial charge on any atom is -0.324 e. The molecule has 4 rings (SSSR count). The van der Waals surface area contributed by atoms with Crippen LogP contribution in [-0.4, -0.2) is 20.4 Å². The first kappa shape index (κ1) is 18.3. The number of carbonyl (C=O) groups is 1. The normalized spacial score (nSPS) is 16.0. The molecule has 0 unspecified atom stereocenters. The fraction of sp³-hybridized carbons (Fsp3) is 0.316. The Labute approximate surface area is 164 Å². The van der Waals surface area contributed by atoms with E-state index in [0.29, 0.717) is 17.0 Å². The van der Waals surface area contributed by atoms with Crippen LogP contribution in [0.25, 0.3) is 10.2 Å². The average Bonchev–Trinajstić information content (AvgIpc) is 3.02. The molecule has 1 N–H and O–H groups in total. The topological polar surface area (TPSA) is 107 Å². The molecule has 1 aromatic carbocycles. The van der Waals surface area contributed by atoms with Gasteiger partial charge < -0.3 is 5.32 Å². The highest BCUT2D eigenvalue weighted by atomic mass is 32.1. The van der Waals surface area contributed by atoms with Crippen LogP contribution in [0.2, 0.25) is 0 Å². The molecule has 1 atom stereocenters. The Morgan fingerprint density at radius 3 is 3.07 bits per heavy atom. The minimum absolute atomic E-state index is 0.114. The summed E-state index contributed by atoms with van der Waals surface area (Å²) in [5.74, 6) is 0.157. The van der Waals surface area contributed by atoms with Crippen molar-refractivity contribution in [3.8, 4) is 0 Å². The summed E-state index contributed by atoms with van der Waals surface area (Å²) in [6.07, 6.45) is 4.25. The molecule has 3 aromatic rings. The molecule has 9 heteroatoms. The van der Waals surface area contributed by atoms with Gasteiger partial charge in [0.15, 0.2) is 0 Å². The van der Waals surface area contributed by atoms with Crippen molar-refractivity contribution in [3.63, 3.8) is 0 Å². The second kappa shape index (κ2) is 7.16. The third-order valence-corrected chi connectivity index (χ3v) is 6.10. The molecule has 0 saturated carbocycles. The third kappa shape index (κ3) is 3.40. The standard InChI is InChI=1S/C19H18N4O4S/c1-11-5-6-14-15(7-11)28-18-17(14)19(25)22(10-20-18)9-16(24)21-12-3-2-4-13(8-12)23(26)27/h2-4,8,10-11H,5-7,9H2,1H3,(H,21,24)/t11-/m0/s1. The van der Waals surface area contributed by atoms with Gasteiger partial charge >= 0.3 is 0 Å². The monoisotopic (exact) mass is 398 g/mol. The SMILES string of the molecule is C[C@H]1CCc2c(sc3ncn(CC(=O)Nc4cccc([N+](=O)[O-])c4)c(=O)c23)C1. The first-order valence-corrected chi connectivity index (χ1v) is 9.78. The minimum atomic E-state index is -0.529. The summed E-state index contributed by atoms with van der Waals surface area (Å²) in [5.41, 5.74) is 1.05. The quantitative estimate of drug-likeness (QED) is 0.537. The molecule has 2 aromatic heterocycles. The number of nitrogens with one attached hydrogen (secondary N) is 1. The van der Waals surface area contributed by atoms with E-state index in [0.717, 1.165) is 29.7 Å². The summed E-state index contributed by atoms with van der Waals surface area (Å²) in [6, 6.07) is 5.68. The number of fused-ring (bicyclic) bond motifs is 3. The maximum absolute atomic E-state index is 12.9. The van der Waals surface area contributed by atoms with Crippen molar-refractivity contribution in [2.45, 2.75) is 32.7 Å². The molecule has 0 aliphatic heterocycles. The van der Waals surface area contributed by atoms with Crippen LogP contribution in [0.4, 0.5) is 11.4 Å². The van der Waals surface area contributed by atoms with Crippen molar-refractivity contribution in [1.82, 2.24) is 9.55 Å². The molecule has 0 fully saturated rings. The van der Waals surface area contributed by atoms with Gasteiger partial charge in [-0.15, -0.1) is 11.3 Å². The number of nitrogens with zero attached hydrogens (tertiary/aromatic N) is 3. The van der Waals surface area contributed by atoms with Crippen molar-refractivity contribution < 1.29 is 9.72 Å². The number of carbonyl (C=O) groups excluding carboxylic acids is 1. The lowest BCUT2D eigenvalue weighted by Crippen LogP contribution is -2.28. The summed E-state index contributed by atoms with van der Waals surface area (Å²) in [4.78, 5) is 41.9. The maximum Gasteiger partial charge on any atom is 0.271 e. The van der Waals surface area contributed by atoms with Gasteiger partial charge in [-0.1, -0.05) is 13.0 Å². The van der Waals surface area contributed by atoms with Crippen molar-refractivity contribution in [2.24, 2.45) is 5.92 Å². The third-order valence-electron chi connectivity index (χ3n) is 4.94. The molecule has 1 aliphatic rings. The zero-order chi connectivity index (χ0) is 19.8. The van der Waals surface area contributed by atoms with E-state index in [9.17, 15) is 19.7 Å². The fourth-order valence-electron chi connectivity index (χ4n) is 3.53. The van der Waals surface area contributed by atoms with Crippen LogP contribution >= 0.6 is 11.3 Å². The molecule has 0 saturated heterocycles. The zero-order valence-corrected chi connectivity index (χ0v) is 16.0. The van der Waals surface area contributed by atoms with Crippen LogP contribution in [-0.2, 0) is 24.2 Å². The van der Waals surface area contributed by atoms with Crippen LogP contribution in [0.1, 0.15) is 23.8 Å². The smallest absolute Gasteiger partial charge is 0.271 e. The molecule has 1 amide bonds. The number of non-ortho nitro benzene ring substituents is 1. The van der Waals surface area contributed by atoms with Crippen LogP contribution in [0, 0.1) is 16.0 Å². The Hall–Kier alpha value is -3.07. The summed E-state index contributed by atoms with van der Waals surface area (Å²) in [7, 11) is 0. The molecule has 144 valence electrons. The molecule has 28 heavy (non-hydrogen) atoms. The molecular formula is C19H18N4O4S. The van der Waals surface area contributed by atoms with E-state index < -0.39 is 10.8 Å². The van der Waals surface area contributed by atoms with Gasteiger partial charge in [-0.25, -0.2) is 4.98 Å². The Balaban J connectivity index is 1.59. The molecule has 2 heterocycles. The van der Waals surface area contributed by atoms with Crippen molar-refractivity contribution in [2.75, 3.05) is 5.32 Å². The van der Waals surface area contributed by atoms with Gasteiger partial charge in [0.05, 0.1) is 16.6 Å². The number of rotatable bonds is 4. The predicted octanol–water partition coefficient (Wildman–Crippen LogP) is 3.13. The number of hydrogen-bond donors (Lipinski definition) is 1. The van der Waals surface area contributed by atoms with E-state index in [2.05, 4.69) is 17.2 Å². The van der Waals surface area contributed by atoms with E-state index in [-0.39, 0.29) is 17.8 Å². The highest BCUT2D eigenvalue weighted by molar-refractivity contribution is 7.18. The summed E-state index contributed by atoms with van der Waals surface area (Å²) in [6.45, 7) is 2.00. The number of aryl methyl sites for hydroxylation is 1.